The molecular formula is C26H30O3. The number of cyclic esters (lactones) is 1. The van der Waals surface area contributed by atoms with Crippen LogP contribution < -0.4 is 4.74 Å². The monoisotopic (exact) mass is 390 g/mol. The summed E-state index contributed by atoms with van der Waals surface area (Å²) in [6, 6.07) is 16.7. The van der Waals surface area contributed by atoms with E-state index in [0.29, 0.717) is 19.6 Å². The van der Waals surface area contributed by atoms with Crippen LogP contribution in [0, 0.1) is 11.3 Å². The molecule has 3 heteroatoms. The van der Waals surface area contributed by atoms with E-state index in [1.807, 2.05) is 12.1 Å². The molecular weight excluding hydrogens is 360 g/mol. The second kappa shape index (κ2) is 7.37. The Morgan fingerprint density at radius 3 is 2.62 bits per heavy atom. The number of rotatable bonds is 5. The largest absolute Gasteiger partial charge is 0.489 e. The summed E-state index contributed by atoms with van der Waals surface area (Å²) >= 11 is 0. The van der Waals surface area contributed by atoms with Crippen molar-refractivity contribution < 1.29 is 14.3 Å². The van der Waals surface area contributed by atoms with E-state index in [2.05, 4.69) is 63.7 Å². The summed E-state index contributed by atoms with van der Waals surface area (Å²) in [5.74, 6) is 1.03. The molecule has 1 aliphatic carbocycles. The molecule has 0 N–H and O–H groups in total. The first kappa shape index (κ1) is 19.8. The van der Waals surface area contributed by atoms with Gasteiger partial charge in [0.05, 0.1) is 12.0 Å². The van der Waals surface area contributed by atoms with Gasteiger partial charge in [-0.2, -0.15) is 0 Å². The van der Waals surface area contributed by atoms with Crippen LogP contribution in [-0.2, 0) is 28.0 Å². The highest BCUT2D eigenvalue weighted by Gasteiger charge is 2.55. The van der Waals surface area contributed by atoms with E-state index in [4.69, 9.17) is 9.47 Å². The minimum absolute atomic E-state index is 0.0635. The SMILES string of the molecule is C=C1CC2COC(=O)C2(Cc2cccc(OCc3ccc(C(C)(C)C)cc3)c2)C1. The van der Waals surface area contributed by atoms with Gasteiger partial charge in [-0.05, 0) is 53.5 Å². The average Bonchev–Trinajstić information content (AvgIpc) is 3.14. The Hall–Kier alpha value is -2.55. The van der Waals surface area contributed by atoms with Crippen molar-refractivity contribution in [3.63, 3.8) is 0 Å². The number of hydrogen-bond donors (Lipinski definition) is 0. The molecule has 3 nitrogen and oxygen atoms in total. The Balaban J connectivity index is 1.44. The van der Waals surface area contributed by atoms with Crippen molar-refractivity contribution in [2.24, 2.45) is 11.3 Å². The lowest BCUT2D eigenvalue weighted by atomic mass is 9.75. The molecule has 29 heavy (non-hydrogen) atoms. The van der Waals surface area contributed by atoms with Crippen molar-refractivity contribution in [1.29, 1.82) is 0 Å². The summed E-state index contributed by atoms with van der Waals surface area (Å²) in [5, 5.41) is 0. The quantitative estimate of drug-likeness (QED) is 0.491. The van der Waals surface area contributed by atoms with Gasteiger partial charge < -0.3 is 9.47 Å². The topological polar surface area (TPSA) is 35.5 Å². The van der Waals surface area contributed by atoms with Gasteiger partial charge in [0.1, 0.15) is 12.4 Å². The number of carbonyl (C=O) groups excluding carboxylic acids is 1. The molecule has 2 aromatic carbocycles. The van der Waals surface area contributed by atoms with Crippen molar-refractivity contribution in [3.8, 4) is 5.75 Å². The number of hydrogen-bond acceptors (Lipinski definition) is 3. The minimum Gasteiger partial charge on any atom is -0.489 e. The zero-order valence-corrected chi connectivity index (χ0v) is 17.7. The number of benzene rings is 2. The molecule has 152 valence electrons. The Kier molecular flexibility index (Phi) is 5.02. The van der Waals surface area contributed by atoms with E-state index in [-0.39, 0.29) is 17.3 Å². The number of fused-ring (bicyclic) bond motifs is 1. The predicted octanol–water partition coefficient (Wildman–Crippen LogP) is 5.62. The van der Waals surface area contributed by atoms with Gasteiger partial charge in [0, 0.05) is 5.92 Å². The molecule has 1 heterocycles. The molecule has 2 aliphatic rings. The maximum Gasteiger partial charge on any atom is 0.313 e. The fraction of sp³-hybridized carbons (Fsp3) is 0.423. The van der Waals surface area contributed by atoms with Gasteiger partial charge in [-0.1, -0.05) is 69.3 Å². The van der Waals surface area contributed by atoms with Crippen LogP contribution in [-0.4, -0.2) is 12.6 Å². The number of allylic oxidation sites excluding steroid dienone is 1. The van der Waals surface area contributed by atoms with Crippen LogP contribution in [0.3, 0.4) is 0 Å². The molecule has 0 aromatic heterocycles. The Morgan fingerprint density at radius 1 is 1.14 bits per heavy atom. The lowest BCUT2D eigenvalue weighted by molar-refractivity contribution is -0.146. The van der Waals surface area contributed by atoms with Crippen molar-refractivity contribution in [2.75, 3.05) is 6.61 Å². The van der Waals surface area contributed by atoms with E-state index < -0.39 is 5.41 Å². The van der Waals surface area contributed by atoms with E-state index in [1.165, 1.54) is 5.56 Å². The number of ether oxygens (including phenoxy) is 2. The maximum atomic E-state index is 12.5. The van der Waals surface area contributed by atoms with Gasteiger partial charge in [-0.15, -0.1) is 0 Å². The molecule has 2 atom stereocenters. The molecule has 2 unspecified atom stereocenters. The van der Waals surface area contributed by atoms with Crippen LogP contribution in [0.25, 0.3) is 0 Å². The Labute approximate surface area is 173 Å². The average molecular weight is 391 g/mol. The molecule has 0 amide bonds. The van der Waals surface area contributed by atoms with Gasteiger partial charge in [0.15, 0.2) is 0 Å². The molecule has 0 radical (unpaired) electrons. The lowest BCUT2D eigenvalue weighted by Gasteiger charge is -2.24. The predicted molar refractivity (Wildman–Crippen MR) is 115 cm³/mol. The lowest BCUT2D eigenvalue weighted by Crippen LogP contribution is -2.31. The summed E-state index contributed by atoms with van der Waals surface area (Å²) in [5.41, 5.74) is 4.46. The van der Waals surface area contributed by atoms with Crippen molar-refractivity contribution in [1.82, 2.24) is 0 Å². The Morgan fingerprint density at radius 2 is 1.90 bits per heavy atom. The van der Waals surface area contributed by atoms with Crippen molar-refractivity contribution in [3.05, 3.63) is 77.4 Å². The van der Waals surface area contributed by atoms with Gasteiger partial charge in [-0.3, -0.25) is 4.79 Å². The highest BCUT2D eigenvalue weighted by atomic mass is 16.5. The van der Waals surface area contributed by atoms with Gasteiger partial charge >= 0.3 is 5.97 Å². The van der Waals surface area contributed by atoms with Crippen LogP contribution in [0.1, 0.15) is 50.3 Å². The molecule has 1 saturated heterocycles. The smallest absolute Gasteiger partial charge is 0.313 e. The van der Waals surface area contributed by atoms with Crippen LogP contribution in [0.5, 0.6) is 5.75 Å². The van der Waals surface area contributed by atoms with E-state index >= 15 is 0 Å². The number of carbonyl (C=O) groups is 1. The van der Waals surface area contributed by atoms with Crippen LogP contribution >= 0.6 is 0 Å². The van der Waals surface area contributed by atoms with Crippen LogP contribution in [0.4, 0.5) is 0 Å². The zero-order chi connectivity index (χ0) is 20.6. The second-order valence-corrected chi connectivity index (χ2v) is 9.64. The molecule has 1 aliphatic heterocycles. The van der Waals surface area contributed by atoms with Crippen LogP contribution in [0.2, 0.25) is 0 Å². The molecule has 0 spiro atoms. The summed E-state index contributed by atoms with van der Waals surface area (Å²) in [7, 11) is 0. The summed E-state index contributed by atoms with van der Waals surface area (Å²) < 4.78 is 11.4. The minimum atomic E-state index is -0.432. The molecule has 4 rings (SSSR count). The second-order valence-electron chi connectivity index (χ2n) is 9.64. The van der Waals surface area contributed by atoms with Crippen LogP contribution in [0.15, 0.2) is 60.7 Å². The number of esters is 1. The van der Waals surface area contributed by atoms with E-state index in [9.17, 15) is 4.79 Å². The van der Waals surface area contributed by atoms with Gasteiger partial charge in [-0.25, -0.2) is 0 Å². The molecule has 1 saturated carbocycles. The summed E-state index contributed by atoms with van der Waals surface area (Å²) in [6.45, 7) is 11.8. The van der Waals surface area contributed by atoms with Gasteiger partial charge in [0.25, 0.3) is 0 Å². The fourth-order valence-electron chi connectivity index (χ4n) is 4.64. The summed E-state index contributed by atoms with van der Waals surface area (Å²) in [6.07, 6.45) is 2.32. The maximum absolute atomic E-state index is 12.5. The summed E-state index contributed by atoms with van der Waals surface area (Å²) in [4.78, 5) is 12.5. The normalized spacial score (nSPS) is 23.8. The van der Waals surface area contributed by atoms with Gasteiger partial charge in [0.2, 0.25) is 0 Å². The molecule has 2 fully saturated rings. The third-order valence-corrected chi connectivity index (χ3v) is 6.35. The third kappa shape index (κ3) is 3.96. The first-order chi connectivity index (χ1) is 13.8. The standard InChI is InChI=1S/C26H30O3/c1-18-12-22-17-29-24(27)26(22,14-18)15-20-6-5-7-23(13-20)28-16-19-8-10-21(11-9-19)25(2,3)4/h5-11,13,22H,1,12,14-17H2,2-4H3. The zero-order valence-electron chi connectivity index (χ0n) is 17.7. The highest BCUT2D eigenvalue weighted by Crippen LogP contribution is 2.52. The molecule has 2 aromatic rings. The Bertz CT molecular complexity index is 920. The first-order valence-electron chi connectivity index (χ1n) is 10.4. The van der Waals surface area contributed by atoms with Crippen molar-refractivity contribution in [2.45, 2.75) is 52.1 Å². The first-order valence-corrected chi connectivity index (χ1v) is 10.4. The van der Waals surface area contributed by atoms with Crippen molar-refractivity contribution >= 4 is 5.97 Å². The van der Waals surface area contributed by atoms with E-state index in [0.717, 1.165) is 35.3 Å². The molecule has 0 bridgehead atoms. The third-order valence-electron chi connectivity index (χ3n) is 6.35. The van der Waals surface area contributed by atoms with E-state index in [1.54, 1.807) is 0 Å². The highest BCUT2D eigenvalue weighted by molar-refractivity contribution is 5.81. The fourth-order valence-corrected chi connectivity index (χ4v) is 4.64.